The molecule has 4 rings (SSSR count). The Hall–Kier alpha value is -2.23. The molecule has 4 nitrogen and oxygen atoms in total. The molecule has 0 amide bonds. The molecule has 3 unspecified atom stereocenters. The summed E-state index contributed by atoms with van der Waals surface area (Å²) in [4.78, 5) is 12.2. The average Bonchev–Trinajstić information content (AvgIpc) is 3.14. The van der Waals surface area contributed by atoms with Gasteiger partial charge in [0.25, 0.3) is 0 Å². The summed E-state index contributed by atoms with van der Waals surface area (Å²) in [6.07, 6.45) is 2.20. The number of carbonyl (C=O) groups excluding carboxylic acids is 1. The summed E-state index contributed by atoms with van der Waals surface area (Å²) in [6.45, 7) is 6.52. The van der Waals surface area contributed by atoms with Gasteiger partial charge in [-0.3, -0.25) is 0 Å². The van der Waals surface area contributed by atoms with Crippen molar-refractivity contribution in [2.75, 3.05) is 6.61 Å². The van der Waals surface area contributed by atoms with Crippen LogP contribution in [0.4, 0.5) is 4.79 Å². The zero-order chi connectivity index (χ0) is 17.7. The van der Waals surface area contributed by atoms with Crippen LogP contribution in [0.25, 0.3) is 10.8 Å². The first-order valence-electron chi connectivity index (χ1n) is 9.15. The first-order chi connectivity index (χ1) is 12.0. The Balaban J connectivity index is 1.93. The van der Waals surface area contributed by atoms with E-state index >= 15 is 0 Å². The normalized spacial score (nSPS) is 23.7. The molecule has 1 N–H and O–H groups in total. The second kappa shape index (κ2) is 5.94. The molecule has 2 bridgehead atoms. The number of fused-ring (bicyclic) bond motifs is 6. The minimum absolute atomic E-state index is 0.346. The van der Waals surface area contributed by atoms with Crippen LogP contribution in [0.1, 0.15) is 61.6 Å². The maximum Gasteiger partial charge on any atom is 0.513 e. The van der Waals surface area contributed by atoms with Crippen molar-refractivity contribution in [2.24, 2.45) is 5.92 Å². The molecule has 1 saturated carbocycles. The van der Waals surface area contributed by atoms with E-state index in [1.54, 1.807) is 0 Å². The first-order valence-corrected chi connectivity index (χ1v) is 9.15. The van der Waals surface area contributed by atoms with Gasteiger partial charge in [-0.25, -0.2) is 4.79 Å². The van der Waals surface area contributed by atoms with Gasteiger partial charge in [-0.15, -0.1) is 0 Å². The number of hydrogen-bond acceptors (Lipinski definition) is 4. The van der Waals surface area contributed by atoms with Crippen molar-refractivity contribution >= 4 is 16.9 Å². The predicted molar refractivity (Wildman–Crippen MR) is 96.5 cm³/mol. The summed E-state index contributed by atoms with van der Waals surface area (Å²) >= 11 is 0. The zero-order valence-electron chi connectivity index (χ0n) is 15.0. The molecule has 1 fully saturated rings. The molecular formula is C21H24O4. The third kappa shape index (κ3) is 2.38. The smallest absolute Gasteiger partial charge is 0.507 e. The molecule has 2 aliphatic rings. The van der Waals surface area contributed by atoms with E-state index in [1.165, 1.54) is 0 Å². The van der Waals surface area contributed by atoms with E-state index in [2.05, 4.69) is 6.92 Å². The molecule has 132 valence electrons. The summed E-state index contributed by atoms with van der Waals surface area (Å²) in [5.74, 6) is 2.20. The van der Waals surface area contributed by atoms with Gasteiger partial charge in [-0.05, 0) is 49.5 Å². The number of benzene rings is 2. The van der Waals surface area contributed by atoms with E-state index in [-0.39, 0.29) is 0 Å². The fraction of sp³-hybridized carbons (Fsp3) is 0.476. The average molecular weight is 340 g/mol. The van der Waals surface area contributed by atoms with Crippen LogP contribution in [0.5, 0.6) is 11.5 Å². The van der Waals surface area contributed by atoms with Crippen LogP contribution in [0.15, 0.2) is 18.2 Å². The standard InChI is InChI=1S/C21H24O4/c1-4-8-24-21(23)25-20-16-11(2)6-5-7-14(16)19(22)18-15-10-13(17(18)20)9-12(15)3/h5-7,12-13,15,22H,4,8-10H2,1-3H3. The van der Waals surface area contributed by atoms with Crippen LogP contribution < -0.4 is 4.74 Å². The quantitative estimate of drug-likeness (QED) is 0.601. The molecule has 2 aliphatic carbocycles. The van der Waals surface area contributed by atoms with E-state index in [0.29, 0.717) is 35.9 Å². The fourth-order valence-corrected chi connectivity index (χ4v) is 4.77. The Morgan fingerprint density at radius 3 is 2.84 bits per heavy atom. The number of carbonyl (C=O) groups is 1. The molecule has 2 aromatic rings. The molecule has 2 aromatic carbocycles. The summed E-state index contributed by atoms with van der Waals surface area (Å²) < 4.78 is 10.9. The van der Waals surface area contributed by atoms with Crippen molar-refractivity contribution in [1.29, 1.82) is 0 Å². The van der Waals surface area contributed by atoms with Crippen molar-refractivity contribution in [2.45, 2.75) is 51.9 Å². The third-order valence-corrected chi connectivity index (χ3v) is 5.82. The molecule has 0 aromatic heterocycles. The number of ether oxygens (including phenoxy) is 2. The van der Waals surface area contributed by atoms with Crippen LogP contribution >= 0.6 is 0 Å². The minimum atomic E-state index is -0.657. The topological polar surface area (TPSA) is 55.8 Å². The molecule has 0 spiro atoms. The molecule has 0 heterocycles. The van der Waals surface area contributed by atoms with E-state index in [9.17, 15) is 9.90 Å². The van der Waals surface area contributed by atoms with Crippen molar-refractivity contribution in [1.82, 2.24) is 0 Å². The summed E-state index contributed by atoms with van der Waals surface area (Å²) in [7, 11) is 0. The van der Waals surface area contributed by atoms with E-state index in [0.717, 1.165) is 46.7 Å². The Morgan fingerprint density at radius 1 is 1.28 bits per heavy atom. The molecular weight excluding hydrogens is 316 g/mol. The molecule has 0 aliphatic heterocycles. The first kappa shape index (κ1) is 16.2. The Kier molecular flexibility index (Phi) is 3.86. The lowest BCUT2D eigenvalue weighted by atomic mass is 9.81. The van der Waals surface area contributed by atoms with Gasteiger partial charge in [-0.1, -0.05) is 32.0 Å². The molecule has 4 heteroatoms. The summed E-state index contributed by atoms with van der Waals surface area (Å²) in [5, 5.41) is 12.6. The van der Waals surface area contributed by atoms with Gasteiger partial charge < -0.3 is 14.6 Å². The van der Waals surface area contributed by atoms with E-state index < -0.39 is 6.16 Å². The van der Waals surface area contributed by atoms with Crippen molar-refractivity contribution in [3.8, 4) is 11.5 Å². The van der Waals surface area contributed by atoms with Gasteiger partial charge in [-0.2, -0.15) is 0 Å². The number of aromatic hydroxyl groups is 1. The second-order valence-electron chi connectivity index (χ2n) is 7.46. The largest absolute Gasteiger partial charge is 0.513 e. The highest BCUT2D eigenvalue weighted by molar-refractivity contribution is 6.00. The molecule has 0 radical (unpaired) electrons. The lowest BCUT2D eigenvalue weighted by molar-refractivity contribution is 0.0991. The number of phenols is 1. The lowest BCUT2D eigenvalue weighted by Crippen LogP contribution is -2.15. The Bertz CT molecular complexity index is 855. The SMILES string of the molecule is CCCOC(=O)Oc1c2c(c(O)c3cccc(C)c13)C1CC2CC1C. The number of aryl methyl sites for hydroxylation is 1. The number of hydrogen-bond donors (Lipinski definition) is 1. The lowest BCUT2D eigenvalue weighted by Gasteiger charge is -2.26. The maximum absolute atomic E-state index is 12.2. The van der Waals surface area contributed by atoms with Gasteiger partial charge in [0, 0.05) is 21.9 Å². The van der Waals surface area contributed by atoms with Gasteiger partial charge >= 0.3 is 6.16 Å². The highest BCUT2D eigenvalue weighted by Gasteiger charge is 2.46. The fourth-order valence-electron chi connectivity index (χ4n) is 4.77. The van der Waals surface area contributed by atoms with E-state index in [1.807, 2.05) is 32.0 Å². The van der Waals surface area contributed by atoms with E-state index in [4.69, 9.17) is 9.47 Å². The second-order valence-corrected chi connectivity index (χ2v) is 7.46. The van der Waals surface area contributed by atoms with Crippen molar-refractivity contribution in [3.05, 3.63) is 34.9 Å². The minimum Gasteiger partial charge on any atom is -0.507 e. The third-order valence-electron chi connectivity index (χ3n) is 5.82. The van der Waals surface area contributed by atoms with Crippen LogP contribution in [0.2, 0.25) is 0 Å². The van der Waals surface area contributed by atoms with Crippen LogP contribution in [-0.2, 0) is 4.74 Å². The van der Waals surface area contributed by atoms with Crippen LogP contribution in [-0.4, -0.2) is 17.9 Å². The van der Waals surface area contributed by atoms with Crippen LogP contribution in [0.3, 0.4) is 0 Å². The van der Waals surface area contributed by atoms with Gasteiger partial charge in [0.15, 0.2) is 0 Å². The molecule has 0 saturated heterocycles. The Morgan fingerprint density at radius 2 is 2.08 bits per heavy atom. The van der Waals surface area contributed by atoms with Crippen molar-refractivity contribution < 1.29 is 19.4 Å². The summed E-state index contributed by atoms with van der Waals surface area (Å²) in [6, 6.07) is 5.81. The molecule has 3 atom stereocenters. The number of phenolic OH excluding ortho intramolecular Hbond substituents is 1. The summed E-state index contributed by atoms with van der Waals surface area (Å²) in [5.41, 5.74) is 3.00. The van der Waals surface area contributed by atoms with Crippen molar-refractivity contribution in [3.63, 3.8) is 0 Å². The van der Waals surface area contributed by atoms with Gasteiger partial charge in [0.1, 0.15) is 11.5 Å². The highest BCUT2D eigenvalue weighted by Crippen LogP contribution is 2.63. The van der Waals surface area contributed by atoms with Gasteiger partial charge in [0.2, 0.25) is 0 Å². The number of rotatable bonds is 3. The monoisotopic (exact) mass is 340 g/mol. The van der Waals surface area contributed by atoms with Gasteiger partial charge in [0.05, 0.1) is 6.61 Å². The highest BCUT2D eigenvalue weighted by atomic mass is 16.7. The predicted octanol–water partition coefficient (Wildman–Crippen LogP) is 5.39. The van der Waals surface area contributed by atoms with Crippen LogP contribution in [0, 0.1) is 12.8 Å². The Labute approximate surface area is 147 Å². The zero-order valence-corrected chi connectivity index (χ0v) is 15.0. The maximum atomic E-state index is 12.2. The molecule has 25 heavy (non-hydrogen) atoms.